The van der Waals surface area contributed by atoms with Crippen LogP contribution in [-0.4, -0.2) is 46.7 Å². The van der Waals surface area contributed by atoms with Crippen LogP contribution in [0, 0.1) is 0 Å². The van der Waals surface area contributed by atoms with Crippen LogP contribution in [0.3, 0.4) is 0 Å². The molecule has 7 nitrogen and oxygen atoms in total. The molecular formula is C32H40N2O5. The smallest absolute Gasteiger partial charge is 0.415 e. The van der Waals surface area contributed by atoms with Crippen LogP contribution in [0.25, 0.3) is 5.52 Å². The lowest BCUT2D eigenvalue weighted by Gasteiger charge is -2.21. The molecule has 2 aromatic heterocycles. The zero-order valence-corrected chi connectivity index (χ0v) is 23.5. The first-order chi connectivity index (χ1) is 19.0. The van der Waals surface area contributed by atoms with Crippen LogP contribution in [0.15, 0.2) is 42.5 Å². The van der Waals surface area contributed by atoms with Crippen molar-refractivity contribution >= 4 is 23.2 Å². The molecule has 4 rings (SSSR count). The zero-order valence-electron chi connectivity index (χ0n) is 23.5. The highest BCUT2D eigenvalue weighted by molar-refractivity contribution is 6.31. The van der Waals surface area contributed by atoms with Crippen molar-refractivity contribution in [2.45, 2.75) is 78.6 Å². The van der Waals surface area contributed by atoms with Crippen molar-refractivity contribution in [1.82, 2.24) is 9.30 Å². The van der Waals surface area contributed by atoms with Gasteiger partial charge in [-0.3, -0.25) is 9.20 Å². The topological polar surface area (TPSA) is 77.3 Å². The summed E-state index contributed by atoms with van der Waals surface area (Å²) in [7, 11) is 0. The number of esters is 2. The van der Waals surface area contributed by atoms with Gasteiger partial charge in [0, 0.05) is 11.1 Å². The quantitative estimate of drug-likeness (QED) is 0.101. The van der Waals surface area contributed by atoms with Crippen molar-refractivity contribution in [3.05, 3.63) is 64.8 Å². The predicted molar refractivity (Wildman–Crippen MR) is 152 cm³/mol. The van der Waals surface area contributed by atoms with E-state index in [0.29, 0.717) is 28.8 Å². The fraction of sp³-hybridized carbons (Fsp3) is 0.469. The SMILES string of the molecule is CCCCN(CCCC)CCCCc1ccc(C(=O)c2c(CCC)c3c4cccc(n24)OC(=O)C(=O)O3)cc1. The van der Waals surface area contributed by atoms with Crippen molar-refractivity contribution in [2.24, 2.45) is 0 Å². The number of nitrogens with zero attached hydrogens (tertiary/aromatic N) is 2. The molecule has 1 aliphatic heterocycles. The predicted octanol–water partition coefficient (Wildman–Crippen LogP) is 6.17. The Bertz CT molecular complexity index is 1300. The van der Waals surface area contributed by atoms with Gasteiger partial charge in [0.15, 0.2) is 5.75 Å². The Morgan fingerprint density at radius 3 is 2.10 bits per heavy atom. The summed E-state index contributed by atoms with van der Waals surface area (Å²) in [5.74, 6) is -2.01. The number of ether oxygens (including phenoxy) is 2. The molecule has 0 saturated carbocycles. The number of aromatic nitrogens is 1. The number of rotatable bonds is 15. The number of hydrogen-bond donors (Lipinski definition) is 0. The van der Waals surface area contributed by atoms with Gasteiger partial charge >= 0.3 is 11.9 Å². The number of ketones is 1. The molecule has 0 saturated heterocycles. The van der Waals surface area contributed by atoms with Crippen LogP contribution in [0.4, 0.5) is 0 Å². The Morgan fingerprint density at radius 2 is 1.44 bits per heavy atom. The highest BCUT2D eigenvalue weighted by Gasteiger charge is 2.33. The van der Waals surface area contributed by atoms with Gasteiger partial charge in [-0.2, -0.15) is 0 Å². The van der Waals surface area contributed by atoms with Gasteiger partial charge in [-0.25, -0.2) is 9.59 Å². The van der Waals surface area contributed by atoms with Crippen LogP contribution < -0.4 is 9.47 Å². The third kappa shape index (κ3) is 6.59. The number of benzene rings is 1. The van der Waals surface area contributed by atoms with E-state index >= 15 is 0 Å². The van der Waals surface area contributed by atoms with E-state index in [1.165, 1.54) is 44.3 Å². The number of carbonyl (C=O) groups is 3. The molecule has 0 unspecified atom stereocenters. The second kappa shape index (κ2) is 13.6. The molecule has 7 heteroatoms. The summed E-state index contributed by atoms with van der Waals surface area (Å²) in [6, 6.07) is 12.8. The monoisotopic (exact) mass is 532 g/mol. The fourth-order valence-corrected chi connectivity index (χ4v) is 5.20. The summed E-state index contributed by atoms with van der Waals surface area (Å²) in [4.78, 5) is 40.8. The molecule has 0 fully saturated rings. The Labute approximate surface area is 231 Å². The number of hydrogen-bond acceptors (Lipinski definition) is 6. The molecule has 1 aliphatic rings. The van der Waals surface area contributed by atoms with Gasteiger partial charge in [-0.05, 0) is 75.9 Å². The van der Waals surface area contributed by atoms with E-state index in [2.05, 4.69) is 18.7 Å². The third-order valence-corrected chi connectivity index (χ3v) is 7.31. The molecule has 0 atom stereocenters. The Morgan fingerprint density at radius 1 is 0.769 bits per heavy atom. The Kier molecular flexibility index (Phi) is 9.93. The number of unbranched alkanes of at least 4 members (excludes halogenated alkanes) is 3. The second-order valence-electron chi connectivity index (χ2n) is 10.3. The van der Waals surface area contributed by atoms with Crippen molar-refractivity contribution in [3.63, 3.8) is 0 Å². The Hall–Kier alpha value is -3.45. The molecule has 3 aromatic rings. The lowest BCUT2D eigenvalue weighted by molar-refractivity contribution is -0.156. The zero-order chi connectivity index (χ0) is 27.8. The van der Waals surface area contributed by atoms with Crippen molar-refractivity contribution in [2.75, 3.05) is 19.6 Å². The summed E-state index contributed by atoms with van der Waals surface area (Å²) in [6.45, 7) is 9.98. The number of aryl methyl sites for hydroxylation is 1. The van der Waals surface area contributed by atoms with Crippen LogP contribution in [-0.2, 0) is 22.4 Å². The summed E-state index contributed by atoms with van der Waals surface area (Å²) in [6.07, 6.45) is 9.46. The normalized spacial score (nSPS) is 13.0. The molecule has 0 aliphatic carbocycles. The average Bonchev–Trinajstić information content (AvgIpc) is 3.27. The third-order valence-electron chi connectivity index (χ3n) is 7.31. The van der Waals surface area contributed by atoms with Gasteiger partial charge in [-0.1, -0.05) is 70.4 Å². The first-order valence-electron chi connectivity index (χ1n) is 14.4. The minimum atomic E-state index is -1.11. The lowest BCUT2D eigenvalue weighted by atomic mass is 9.99. The average molecular weight is 533 g/mol. The molecular weight excluding hydrogens is 492 g/mol. The Balaban J connectivity index is 1.50. The molecule has 4 bridgehead atoms. The molecule has 3 heterocycles. The molecule has 39 heavy (non-hydrogen) atoms. The number of pyridine rings is 1. The summed E-state index contributed by atoms with van der Waals surface area (Å²) in [5, 5.41) is 0. The van der Waals surface area contributed by atoms with E-state index in [1.807, 2.05) is 31.2 Å². The van der Waals surface area contributed by atoms with Crippen molar-refractivity contribution < 1.29 is 23.9 Å². The first kappa shape index (κ1) is 28.6. The van der Waals surface area contributed by atoms with Gasteiger partial charge in [0.25, 0.3) is 0 Å². The molecule has 0 N–H and O–H groups in total. The largest absolute Gasteiger partial charge is 0.424 e. The van der Waals surface area contributed by atoms with Crippen LogP contribution >= 0.6 is 0 Å². The summed E-state index contributed by atoms with van der Waals surface area (Å²) >= 11 is 0. The van der Waals surface area contributed by atoms with Gasteiger partial charge < -0.3 is 14.4 Å². The molecule has 0 radical (unpaired) electrons. The van der Waals surface area contributed by atoms with E-state index in [-0.39, 0.29) is 17.4 Å². The van der Waals surface area contributed by atoms with Gasteiger partial charge in [-0.15, -0.1) is 0 Å². The van der Waals surface area contributed by atoms with Crippen LogP contribution in [0.1, 0.15) is 92.9 Å². The van der Waals surface area contributed by atoms with Gasteiger partial charge in [0.1, 0.15) is 5.69 Å². The maximum absolute atomic E-state index is 13.8. The van der Waals surface area contributed by atoms with E-state index in [9.17, 15) is 14.4 Å². The second-order valence-corrected chi connectivity index (χ2v) is 10.3. The molecule has 0 spiro atoms. The van der Waals surface area contributed by atoms with E-state index in [1.54, 1.807) is 22.6 Å². The standard InChI is InChI=1S/C32H40N2O5/c1-4-7-20-33(21-8-5-2)22-10-9-13-23-16-18-24(19-17-23)29(35)28-25(12-6-3)30-26-14-11-15-27(34(26)28)38-31(36)32(37)39-30/h11,14-19H,4-10,12-13,20-22H2,1-3H3. The molecule has 1 aromatic carbocycles. The van der Waals surface area contributed by atoms with E-state index in [4.69, 9.17) is 9.47 Å². The van der Waals surface area contributed by atoms with Gasteiger partial charge in [0.2, 0.25) is 11.7 Å². The molecule has 208 valence electrons. The highest BCUT2D eigenvalue weighted by atomic mass is 16.6. The van der Waals surface area contributed by atoms with E-state index < -0.39 is 11.9 Å². The molecule has 0 amide bonds. The minimum absolute atomic E-state index is 0.129. The maximum Gasteiger partial charge on any atom is 0.424 e. The maximum atomic E-state index is 13.8. The van der Waals surface area contributed by atoms with Crippen LogP contribution in [0.5, 0.6) is 11.6 Å². The number of carbonyl (C=O) groups excluding carboxylic acids is 3. The summed E-state index contributed by atoms with van der Waals surface area (Å²) in [5.41, 5.74) is 3.26. The van der Waals surface area contributed by atoms with Crippen molar-refractivity contribution in [3.8, 4) is 11.6 Å². The van der Waals surface area contributed by atoms with Gasteiger partial charge in [0.05, 0.1) is 5.52 Å². The van der Waals surface area contributed by atoms with E-state index in [0.717, 1.165) is 32.2 Å². The first-order valence-corrected chi connectivity index (χ1v) is 14.4. The van der Waals surface area contributed by atoms with Crippen molar-refractivity contribution in [1.29, 1.82) is 0 Å². The fourth-order valence-electron chi connectivity index (χ4n) is 5.20. The highest BCUT2D eigenvalue weighted by Crippen LogP contribution is 2.38. The summed E-state index contributed by atoms with van der Waals surface area (Å²) < 4.78 is 12.3. The van der Waals surface area contributed by atoms with Crippen LogP contribution in [0.2, 0.25) is 0 Å². The minimum Gasteiger partial charge on any atom is -0.415 e. The lowest BCUT2D eigenvalue weighted by Crippen LogP contribution is -2.27.